The highest BCUT2D eigenvalue weighted by atomic mass is 32.1. The van der Waals surface area contributed by atoms with E-state index in [-0.39, 0.29) is 22.9 Å². The summed E-state index contributed by atoms with van der Waals surface area (Å²) in [5, 5.41) is 15.4. The van der Waals surface area contributed by atoms with Crippen molar-refractivity contribution >= 4 is 28.9 Å². The van der Waals surface area contributed by atoms with Crippen LogP contribution < -0.4 is 15.4 Å². The van der Waals surface area contributed by atoms with Crippen molar-refractivity contribution < 1.29 is 14.6 Å². The maximum atomic E-state index is 12.3. The van der Waals surface area contributed by atoms with E-state index in [1.165, 1.54) is 0 Å². The van der Waals surface area contributed by atoms with Crippen molar-refractivity contribution in [2.75, 3.05) is 5.32 Å². The number of nitrogens with one attached hydrogen (secondary N) is 2. The first kappa shape index (κ1) is 18.7. The highest BCUT2D eigenvalue weighted by Gasteiger charge is 2.11. The first-order valence-corrected chi connectivity index (χ1v) is 8.48. The number of phenolic OH excluding ortho intramolecular Hbond substituents is 1. The highest BCUT2D eigenvalue weighted by molar-refractivity contribution is 7.80. The topological polar surface area (TPSA) is 70.6 Å². The summed E-state index contributed by atoms with van der Waals surface area (Å²) in [6, 6.07) is 12.0. The Bertz CT molecular complexity index is 777. The monoisotopic (exact) mass is 358 g/mol. The lowest BCUT2D eigenvalue weighted by molar-refractivity contribution is 0.0977. The number of ether oxygens (including phenoxy) is 1. The molecule has 2 aromatic carbocycles. The van der Waals surface area contributed by atoms with Crippen LogP contribution in [0, 0.1) is 6.92 Å². The number of benzene rings is 2. The maximum Gasteiger partial charge on any atom is 0.257 e. The van der Waals surface area contributed by atoms with Gasteiger partial charge in [-0.05, 0) is 68.4 Å². The van der Waals surface area contributed by atoms with Gasteiger partial charge in [-0.1, -0.05) is 19.1 Å². The number of phenols is 1. The van der Waals surface area contributed by atoms with Crippen LogP contribution in [0.5, 0.6) is 11.5 Å². The van der Waals surface area contributed by atoms with Crippen LogP contribution >= 0.6 is 12.2 Å². The average Bonchev–Trinajstić information content (AvgIpc) is 2.58. The first-order valence-electron chi connectivity index (χ1n) is 8.07. The van der Waals surface area contributed by atoms with Gasteiger partial charge in [0, 0.05) is 5.56 Å². The molecule has 2 aromatic rings. The summed E-state index contributed by atoms with van der Waals surface area (Å²) in [5.41, 5.74) is 1.85. The van der Waals surface area contributed by atoms with Crippen molar-refractivity contribution in [2.45, 2.75) is 33.3 Å². The van der Waals surface area contributed by atoms with Gasteiger partial charge in [-0.25, -0.2) is 0 Å². The minimum atomic E-state index is -0.348. The van der Waals surface area contributed by atoms with Crippen LogP contribution in [0.3, 0.4) is 0 Å². The van der Waals surface area contributed by atoms with E-state index in [1.54, 1.807) is 36.4 Å². The zero-order valence-electron chi connectivity index (χ0n) is 14.5. The zero-order valence-corrected chi connectivity index (χ0v) is 15.3. The van der Waals surface area contributed by atoms with Crippen molar-refractivity contribution in [3.63, 3.8) is 0 Å². The number of rotatable bonds is 5. The lowest BCUT2D eigenvalue weighted by Crippen LogP contribution is -2.34. The van der Waals surface area contributed by atoms with Gasteiger partial charge in [0.2, 0.25) is 0 Å². The Morgan fingerprint density at radius 2 is 2.04 bits per heavy atom. The normalized spacial score (nSPS) is 11.5. The summed E-state index contributed by atoms with van der Waals surface area (Å²) in [6.45, 7) is 5.90. The van der Waals surface area contributed by atoms with Crippen LogP contribution in [0.2, 0.25) is 0 Å². The van der Waals surface area contributed by atoms with E-state index in [1.807, 2.05) is 26.8 Å². The second-order valence-electron chi connectivity index (χ2n) is 5.79. The minimum absolute atomic E-state index is 0.0612. The maximum absolute atomic E-state index is 12.3. The van der Waals surface area contributed by atoms with Gasteiger partial charge in [-0.15, -0.1) is 0 Å². The molecule has 3 N–H and O–H groups in total. The van der Waals surface area contributed by atoms with E-state index in [4.69, 9.17) is 17.0 Å². The molecule has 2 rings (SSSR count). The zero-order chi connectivity index (χ0) is 18.4. The summed E-state index contributed by atoms with van der Waals surface area (Å²) in [6.07, 6.45) is 0.954. The predicted molar refractivity (Wildman–Crippen MR) is 103 cm³/mol. The number of carbonyl (C=O) groups excluding carboxylic acids is 1. The Balaban J connectivity index is 2.02. The number of hydrogen-bond donors (Lipinski definition) is 3. The van der Waals surface area contributed by atoms with E-state index in [2.05, 4.69) is 10.6 Å². The third kappa shape index (κ3) is 5.46. The number of hydrogen-bond acceptors (Lipinski definition) is 4. The van der Waals surface area contributed by atoms with Gasteiger partial charge in [0.25, 0.3) is 5.91 Å². The molecule has 0 radical (unpaired) electrons. The third-order valence-electron chi connectivity index (χ3n) is 3.64. The predicted octanol–water partition coefficient (Wildman–Crippen LogP) is 4.00. The molecule has 0 aliphatic carbocycles. The van der Waals surface area contributed by atoms with Crippen LogP contribution in [-0.2, 0) is 0 Å². The van der Waals surface area contributed by atoms with E-state index >= 15 is 0 Å². The molecular formula is C19H22N2O3S. The average molecular weight is 358 g/mol. The second-order valence-corrected chi connectivity index (χ2v) is 6.20. The van der Waals surface area contributed by atoms with Crippen molar-refractivity contribution in [1.29, 1.82) is 0 Å². The summed E-state index contributed by atoms with van der Waals surface area (Å²) in [5.74, 6) is 0.350. The standard InChI is InChI=1S/C19H22N2O3S/c1-4-13(3)24-15-7-5-6-14(11-15)18(23)21-19(25)20-16-10-12(2)8-9-17(16)22/h5-11,13,22H,4H2,1-3H3,(H2,20,21,23,25). The lowest BCUT2D eigenvalue weighted by atomic mass is 10.2. The fourth-order valence-electron chi connectivity index (χ4n) is 2.11. The van der Waals surface area contributed by atoms with Crippen molar-refractivity contribution in [3.8, 4) is 11.5 Å². The van der Waals surface area contributed by atoms with Gasteiger partial charge >= 0.3 is 0 Å². The Hall–Kier alpha value is -2.60. The summed E-state index contributed by atoms with van der Waals surface area (Å²) in [7, 11) is 0. The molecule has 132 valence electrons. The molecule has 0 fully saturated rings. The molecule has 5 nitrogen and oxygen atoms in total. The smallest absolute Gasteiger partial charge is 0.257 e. The summed E-state index contributed by atoms with van der Waals surface area (Å²) in [4.78, 5) is 12.3. The molecule has 0 spiro atoms. The van der Waals surface area contributed by atoms with Gasteiger partial charge in [-0.3, -0.25) is 10.1 Å². The highest BCUT2D eigenvalue weighted by Crippen LogP contribution is 2.23. The number of amides is 1. The summed E-state index contributed by atoms with van der Waals surface area (Å²) < 4.78 is 5.72. The van der Waals surface area contributed by atoms with Gasteiger partial charge in [-0.2, -0.15) is 0 Å². The van der Waals surface area contributed by atoms with Crippen molar-refractivity contribution in [1.82, 2.24) is 5.32 Å². The van der Waals surface area contributed by atoms with Crippen molar-refractivity contribution in [2.24, 2.45) is 0 Å². The van der Waals surface area contributed by atoms with Gasteiger partial charge in [0.05, 0.1) is 11.8 Å². The molecule has 1 unspecified atom stereocenters. The fraction of sp³-hybridized carbons (Fsp3) is 0.263. The number of carbonyl (C=O) groups is 1. The summed E-state index contributed by atoms with van der Waals surface area (Å²) >= 11 is 5.15. The molecule has 0 aliphatic rings. The Kier molecular flexibility index (Phi) is 6.36. The molecule has 1 amide bonds. The quantitative estimate of drug-likeness (QED) is 0.557. The molecule has 0 saturated heterocycles. The number of thiocarbonyl (C=S) groups is 1. The first-order chi connectivity index (χ1) is 11.9. The fourth-order valence-corrected chi connectivity index (χ4v) is 2.31. The molecular weight excluding hydrogens is 336 g/mol. The van der Waals surface area contributed by atoms with Crippen LogP contribution in [0.25, 0.3) is 0 Å². The molecule has 0 aliphatic heterocycles. The molecule has 6 heteroatoms. The van der Waals surface area contributed by atoms with Gasteiger partial charge < -0.3 is 15.2 Å². The van der Waals surface area contributed by atoms with E-state index in [9.17, 15) is 9.90 Å². The largest absolute Gasteiger partial charge is 0.506 e. The Labute approximate surface area is 153 Å². The third-order valence-corrected chi connectivity index (χ3v) is 3.84. The molecule has 25 heavy (non-hydrogen) atoms. The Morgan fingerprint density at radius 1 is 1.28 bits per heavy atom. The van der Waals surface area contributed by atoms with Gasteiger partial charge in [0.15, 0.2) is 5.11 Å². The van der Waals surface area contributed by atoms with Crippen LogP contribution in [-0.4, -0.2) is 22.2 Å². The van der Waals surface area contributed by atoms with E-state index in [0.29, 0.717) is 17.0 Å². The van der Waals surface area contributed by atoms with E-state index < -0.39 is 0 Å². The lowest BCUT2D eigenvalue weighted by Gasteiger charge is -2.14. The Morgan fingerprint density at radius 3 is 2.76 bits per heavy atom. The molecule has 1 atom stereocenters. The number of anilines is 1. The minimum Gasteiger partial charge on any atom is -0.506 e. The molecule has 0 saturated carbocycles. The van der Waals surface area contributed by atoms with E-state index in [0.717, 1.165) is 12.0 Å². The van der Waals surface area contributed by atoms with Crippen LogP contribution in [0.4, 0.5) is 5.69 Å². The molecule has 0 heterocycles. The second kappa shape index (κ2) is 8.48. The molecule has 0 bridgehead atoms. The molecule has 0 aromatic heterocycles. The van der Waals surface area contributed by atoms with Gasteiger partial charge in [0.1, 0.15) is 11.5 Å². The number of aromatic hydroxyl groups is 1. The van der Waals surface area contributed by atoms with Crippen LogP contribution in [0.1, 0.15) is 36.2 Å². The number of aryl methyl sites for hydroxylation is 1. The SMILES string of the molecule is CCC(C)Oc1cccc(C(=O)NC(=S)Nc2cc(C)ccc2O)c1. The van der Waals surface area contributed by atoms with Crippen LogP contribution in [0.15, 0.2) is 42.5 Å². The van der Waals surface area contributed by atoms with Crippen molar-refractivity contribution in [3.05, 3.63) is 53.6 Å².